The average molecular weight is 321 g/mol. The molecule has 1 N–H and O–H groups in total. The molecule has 0 saturated heterocycles. The fourth-order valence-corrected chi connectivity index (χ4v) is 2.47. The van der Waals surface area contributed by atoms with Crippen LogP contribution in [0.5, 0.6) is 0 Å². The summed E-state index contributed by atoms with van der Waals surface area (Å²) in [4.78, 5) is 20.5. The van der Waals surface area contributed by atoms with Crippen LogP contribution >= 0.6 is 0 Å². The van der Waals surface area contributed by atoms with Gasteiger partial charge in [-0.05, 0) is 32.4 Å². The highest BCUT2D eigenvalue weighted by molar-refractivity contribution is 5.91. The lowest BCUT2D eigenvalue weighted by Crippen LogP contribution is -2.16. The lowest BCUT2D eigenvalue weighted by molar-refractivity contribution is -0.115. The van der Waals surface area contributed by atoms with Crippen molar-refractivity contribution in [3.63, 3.8) is 0 Å². The normalized spacial score (nSPS) is 10.6. The van der Waals surface area contributed by atoms with Gasteiger partial charge in [0.1, 0.15) is 12.1 Å². The maximum Gasteiger partial charge on any atom is 0.229 e. The molecule has 0 aliphatic heterocycles. The first-order valence-electron chi connectivity index (χ1n) is 7.72. The Labute approximate surface area is 140 Å². The summed E-state index contributed by atoms with van der Waals surface area (Å²) in [6, 6.07) is 11.6. The SMILES string of the molecule is Cc1ccc(CC(=O)Nc2cc(-n3nc(C)cc3C)ncn2)cc1. The molecule has 2 heterocycles. The molecule has 1 amide bonds. The van der Waals surface area contributed by atoms with Crippen molar-refractivity contribution in [1.29, 1.82) is 0 Å². The van der Waals surface area contributed by atoms with Crippen molar-refractivity contribution in [3.8, 4) is 5.82 Å². The van der Waals surface area contributed by atoms with Crippen LogP contribution in [0.1, 0.15) is 22.5 Å². The fourth-order valence-electron chi connectivity index (χ4n) is 2.47. The Hall–Kier alpha value is -3.02. The second kappa shape index (κ2) is 6.62. The van der Waals surface area contributed by atoms with Gasteiger partial charge in [0, 0.05) is 11.8 Å². The van der Waals surface area contributed by atoms with E-state index in [4.69, 9.17) is 0 Å². The Morgan fingerprint density at radius 1 is 1.08 bits per heavy atom. The predicted molar refractivity (Wildman–Crippen MR) is 92.1 cm³/mol. The molecule has 6 nitrogen and oxygen atoms in total. The number of nitrogens with zero attached hydrogens (tertiary/aromatic N) is 4. The van der Waals surface area contributed by atoms with Crippen molar-refractivity contribution < 1.29 is 4.79 Å². The number of hydrogen-bond donors (Lipinski definition) is 1. The van der Waals surface area contributed by atoms with Crippen LogP contribution in [0.4, 0.5) is 5.82 Å². The molecule has 0 bridgehead atoms. The number of carbonyl (C=O) groups is 1. The van der Waals surface area contributed by atoms with Crippen molar-refractivity contribution in [2.75, 3.05) is 5.32 Å². The minimum Gasteiger partial charge on any atom is -0.310 e. The third kappa shape index (κ3) is 3.65. The van der Waals surface area contributed by atoms with E-state index in [1.54, 1.807) is 10.7 Å². The van der Waals surface area contributed by atoms with E-state index in [0.717, 1.165) is 17.0 Å². The number of aromatic nitrogens is 4. The predicted octanol–water partition coefficient (Wildman–Crippen LogP) is 2.77. The van der Waals surface area contributed by atoms with Gasteiger partial charge < -0.3 is 5.32 Å². The van der Waals surface area contributed by atoms with Crippen molar-refractivity contribution in [2.45, 2.75) is 27.2 Å². The summed E-state index contributed by atoms with van der Waals surface area (Å²) in [6.07, 6.45) is 1.73. The molecule has 0 aliphatic carbocycles. The topological polar surface area (TPSA) is 72.7 Å². The fraction of sp³-hybridized carbons (Fsp3) is 0.222. The summed E-state index contributed by atoms with van der Waals surface area (Å²) in [6.45, 7) is 5.90. The summed E-state index contributed by atoms with van der Waals surface area (Å²) in [5.41, 5.74) is 4.02. The molecule has 24 heavy (non-hydrogen) atoms. The molecule has 0 atom stereocenters. The molecule has 0 radical (unpaired) electrons. The lowest BCUT2D eigenvalue weighted by atomic mass is 10.1. The zero-order chi connectivity index (χ0) is 17.1. The number of hydrogen-bond acceptors (Lipinski definition) is 4. The van der Waals surface area contributed by atoms with Gasteiger partial charge in [0.15, 0.2) is 5.82 Å². The number of carbonyl (C=O) groups excluding carboxylic acids is 1. The lowest BCUT2D eigenvalue weighted by Gasteiger charge is -2.07. The van der Waals surface area contributed by atoms with Crippen LogP contribution in [0.25, 0.3) is 5.82 Å². The number of benzene rings is 1. The van der Waals surface area contributed by atoms with E-state index in [0.29, 0.717) is 18.1 Å². The molecule has 0 unspecified atom stereocenters. The Kier molecular flexibility index (Phi) is 4.37. The molecule has 2 aromatic heterocycles. The van der Waals surface area contributed by atoms with Crippen LogP contribution in [-0.2, 0) is 11.2 Å². The van der Waals surface area contributed by atoms with Gasteiger partial charge in [-0.1, -0.05) is 29.8 Å². The van der Waals surface area contributed by atoms with Gasteiger partial charge in [-0.2, -0.15) is 5.10 Å². The summed E-state index contributed by atoms with van der Waals surface area (Å²) >= 11 is 0. The molecule has 0 fully saturated rings. The number of rotatable bonds is 4. The Balaban J connectivity index is 1.73. The van der Waals surface area contributed by atoms with Gasteiger partial charge in [0.25, 0.3) is 0 Å². The van der Waals surface area contributed by atoms with Gasteiger partial charge in [-0.3, -0.25) is 4.79 Å². The number of aryl methyl sites for hydroxylation is 3. The smallest absolute Gasteiger partial charge is 0.229 e. The number of amides is 1. The molecule has 0 spiro atoms. The van der Waals surface area contributed by atoms with Crippen molar-refractivity contribution >= 4 is 11.7 Å². The van der Waals surface area contributed by atoms with Crippen LogP contribution in [-0.4, -0.2) is 25.7 Å². The molecular weight excluding hydrogens is 302 g/mol. The molecular formula is C18H19N5O. The molecule has 1 aromatic carbocycles. The van der Waals surface area contributed by atoms with E-state index in [9.17, 15) is 4.79 Å². The summed E-state index contributed by atoms with van der Waals surface area (Å²) < 4.78 is 1.73. The van der Waals surface area contributed by atoms with Crippen LogP contribution < -0.4 is 5.32 Å². The Bertz CT molecular complexity index is 867. The van der Waals surface area contributed by atoms with E-state index in [1.807, 2.05) is 51.1 Å². The molecule has 3 rings (SSSR count). The first-order valence-corrected chi connectivity index (χ1v) is 7.72. The summed E-state index contributed by atoms with van der Waals surface area (Å²) in [7, 11) is 0. The summed E-state index contributed by atoms with van der Waals surface area (Å²) in [5, 5.41) is 7.20. The maximum absolute atomic E-state index is 12.2. The number of nitrogens with one attached hydrogen (secondary N) is 1. The quantitative estimate of drug-likeness (QED) is 0.802. The first-order chi connectivity index (χ1) is 11.5. The van der Waals surface area contributed by atoms with Crippen molar-refractivity contribution in [2.24, 2.45) is 0 Å². The van der Waals surface area contributed by atoms with Crippen LogP contribution in [0.2, 0.25) is 0 Å². The highest BCUT2D eigenvalue weighted by atomic mass is 16.1. The third-order valence-corrected chi connectivity index (χ3v) is 3.63. The van der Waals surface area contributed by atoms with Gasteiger partial charge in [0.2, 0.25) is 5.91 Å². The molecule has 0 aliphatic rings. The molecule has 0 saturated carbocycles. The average Bonchev–Trinajstić information content (AvgIpc) is 2.88. The second-order valence-corrected chi connectivity index (χ2v) is 5.81. The first kappa shape index (κ1) is 15.9. The Morgan fingerprint density at radius 2 is 1.83 bits per heavy atom. The minimum absolute atomic E-state index is 0.114. The molecule has 3 aromatic rings. The zero-order valence-electron chi connectivity index (χ0n) is 13.9. The number of anilines is 1. The zero-order valence-corrected chi connectivity index (χ0v) is 13.9. The monoisotopic (exact) mass is 321 g/mol. The highest BCUT2D eigenvalue weighted by Gasteiger charge is 2.09. The summed E-state index contributed by atoms with van der Waals surface area (Å²) in [5.74, 6) is 0.975. The second-order valence-electron chi connectivity index (χ2n) is 5.81. The molecule has 6 heteroatoms. The third-order valence-electron chi connectivity index (χ3n) is 3.63. The van der Waals surface area contributed by atoms with Crippen LogP contribution in [0, 0.1) is 20.8 Å². The standard InChI is InChI=1S/C18H19N5O/c1-12-4-6-15(7-5-12)9-18(24)21-16-10-17(20-11-19-16)23-14(3)8-13(2)22-23/h4-8,10-11H,9H2,1-3H3,(H,19,20,21,24). The van der Waals surface area contributed by atoms with Gasteiger partial charge in [0.05, 0.1) is 12.1 Å². The maximum atomic E-state index is 12.2. The van der Waals surface area contributed by atoms with Gasteiger partial charge in [-0.25, -0.2) is 14.6 Å². The van der Waals surface area contributed by atoms with E-state index < -0.39 is 0 Å². The Morgan fingerprint density at radius 3 is 2.50 bits per heavy atom. The van der Waals surface area contributed by atoms with Gasteiger partial charge >= 0.3 is 0 Å². The highest BCUT2D eigenvalue weighted by Crippen LogP contribution is 2.13. The van der Waals surface area contributed by atoms with E-state index in [-0.39, 0.29) is 5.91 Å². The van der Waals surface area contributed by atoms with Crippen molar-refractivity contribution in [1.82, 2.24) is 19.7 Å². The largest absolute Gasteiger partial charge is 0.310 e. The minimum atomic E-state index is -0.114. The van der Waals surface area contributed by atoms with E-state index in [1.165, 1.54) is 11.9 Å². The van der Waals surface area contributed by atoms with Gasteiger partial charge in [-0.15, -0.1) is 0 Å². The van der Waals surface area contributed by atoms with E-state index >= 15 is 0 Å². The van der Waals surface area contributed by atoms with E-state index in [2.05, 4.69) is 20.4 Å². The van der Waals surface area contributed by atoms with Crippen molar-refractivity contribution in [3.05, 3.63) is 65.2 Å². The molecule has 122 valence electrons. The van der Waals surface area contributed by atoms with Crippen LogP contribution in [0.15, 0.2) is 42.7 Å². The van der Waals surface area contributed by atoms with Crippen LogP contribution in [0.3, 0.4) is 0 Å².